The molecule has 2 fully saturated rings. The van der Waals surface area contributed by atoms with Crippen molar-refractivity contribution in [1.82, 2.24) is 14.3 Å². The summed E-state index contributed by atoms with van der Waals surface area (Å²) in [4.78, 5) is 24.5. The van der Waals surface area contributed by atoms with Gasteiger partial charge in [-0.3, -0.25) is 14.3 Å². The van der Waals surface area contributed by atoms with Crippen molar-refractivity contribution in [2.45, 2.75) is 77.6 Å². The number of carboxylic acid groups (broad SMARTS) is 1. The molecule has 7 nitrogen and oxygen atoms in total. The van der Waals surface area contributed by atoms with Crippen LogP contribution in [-0.2, 0) is 16.6 Å². The molecule has 0 spiro atoms. The van der Waals surface area contributed by atoms with Crippen molar-refractivity contribution in [2.24, 2.45) is 24.6 Å². The quantitative estimate of drug-likeness (QED) is 0.214. The molecule has 214 valence electrons. The van der Waals surface area contributed by atoms with Crippen LogP contribution in [0.4, 0.5) is 0 Å². The van der Waals surface area contributed by atoms with Crippen LogP contribution in [0.2, 0.25) is 0 Å². The number of carbonyl (C=O) groups is 2. The average molecular weight is 555 g/mol. The van der Waals surface area contributed by atoms with Gasteiger partial charge in [-0.05, 0) is 73.9 Å². The third kappa shape index (κ3) is 10.0. The Labute approximate surface area is 239 Å². The molecule has 5 rings (SSSR count). The van der Waals surface area contributed by atoms with E-state index in [2.05, 4.69) is 76.5 Å². The van der Waals surface area contributed by atoms with Crippen LogP contribution in [0.15, 0.2) is 42.5 Å². The van der Waals surface area contributed by atoms with Crippen molar-refractivity contribution in [1.29, 1.82) is 0 Å². The molecular formula is C31H46N4O3S. The van der Waals surface area contributed by atoms with Crippen molar-refractivity contribution in [3.8, 4) is 11.1 Å². The lowest BCUT2D eigenvalue weighted by atomic mass is 9.77. The monoisotopic (exact) mass is 554 g/mol. The summed E-state index contributed by atoms with van der Waals surface area (Å²) in [7, 11) is 3.78. The summed E-state index contributed by atoms with van der Waals surface area (Å²) in [6, 6.07) is 15.2. The first-order valence-corrected chi connectivity index (χ1v) is 14.4. The van der Waals surface area contributed by atoms with Gasteiger partial charge in [0, 0.05) is 13.0 Å². The largest absolute Gasteiger partial charge is 0.483 e. The van der Waals surface area contributed by atoms with E-state index in [0.29, 0.717) is 5.92 Å². The zero-order chi connectivity index (χ0) is 28.8. The van der Waals surface area contributed by atoms with E-state index in [0.717, 1.165) is 48.5 Å². The molecule has 2 saturated carbocycles. The van der Waals surface area contributed by atoms with Crippen molar-refractivity contribution >= 4 is 36.2 Å². The van der Waals surface area contributed by atoms with E-state index in [1.807, 2.05) is 14.0 Å². The number of rotatable bonds is 3. The highest BCUT2D eigenvalue weighted by Gasteiger charge is 2.26. The Morgan fingerprint density at radius 3 is 2.18 bits per heavy atom. The van der Waals surface area contributed by atoms with Crippen LogP contribution in [0.1, 0.15) is 82.0 Å². The van der Waals surface area contributed by atoms with Crippen LogP contribution < -0.4 is 10.5 Å². The molecule has 2 atom stereocenters. The number of hydrogen-bond donors (Lipinski definition) is 4. The van der Waals surface area contributed by atoms with E-state index < -0.39 is 0 Å². The minimum Gasteiger partial charge on any atom is -0.483 e. The molecule has 0 saturated heterocycles. The SMILES string of the molecule is CC1CCCCC1.CNS.Cc1nc2cc(-c3ccc(C4CCCC(C(N)=O)C4)cc3)ccc2n1C.O=CO. The maximum absolute atomic E-state index is 11.5. The first-order chi connectivity index (χ1) is 18.7. The van der Waals surface area contributed by atoms with E-state index in [1.165, 1.54) is 48.8 Å². The molecule has 4 N–H and O–H groups in total. The van der Waals surface area contributed by atoms with Gasteiger partial charge in [0.2, 0.25) is 5.91 Å². The summed E-state index contributed by atoms with van der Waals surface area (Å²) in [6.45, 7) is 4.14. The van der Waals surface area contributed by atoms with Crippen molar-refractivity contribution in [3.63, 3.8) is 0 Å². The number of imidazole rings is 1. The lowest BCUT2D eigenvalue weighted by molar-refractivity contribution is -0.123. The first-order valence-electron chi connectivity index (χ1n) is 14.0. The number of aromatic nitrogens is 2. The number of nitrogens with one attached hydrogen (secondary N) is 1. The molecule has 3 aromatic rings. The minimum atomic E-state index is -0.250. The molecule has 2 unspecified atom stereocenters. The summed E-state index contributed by atoms with van der Waals surface area (Å²) < 4.78 is 4.56. The van der Waals surface area contributed by atoms with Crippen LogP contribution in [0, 0.1) is 18.8 Å². The number of hydrogen-bond acceptors (Lipinski definition) is 5. The number of primary amides is 1. The van der Waals surface area contributed by atoms with Crippen LogP contribution in [-0.4, -0.2) is 34.1 Å². The van der Waals surface area contributed by atoms with E-state index in [-0.39, 0.29) is 18.3 Å². The van der Waals surface area contributed by atoms with Gasteiger partial charge in [0.05, 0.1) is 11.0 Å². The molecule has 1 heterocycles. The standard InChI is InChI=1S/C22H25N3O.C7H14.CH5NS.CH2O2/c1-14-24-20-13-18(10-11-21(20)25(14)2)16-8-6-15(7-9-16)17-4-3-5-19(12-17)22(23)26;1-7-5-3-2-4-6-7;1-2-3;2-1-3/h6-11,13,17,19H,3-5,12H2,1-2H3,(H2,23,26);7H,2-6H2,1H3;2-3H,1H3;1H,(H,2,3). The Bertz CT molecular complexity index is 1160. The predicted octanol–water partition coefficient (Wildman–Crippen LogP) is 6.65. The predicted molar refractivity (Wildman–Crippen MR) is 164 cm³/mol. The average Bonchev–Trinajstić information content (AvgIpc) is 3.23. The maximum Gasteiger partial charge on any atom is 0.290 e. The summed E-state index contributed by atoms with van der Waals surface area (Å²) in [5.74, 6) is 2.38. The van der Waals surface area contributed by atoms with Gasteiger partial charge in [0.15, 0.2) is 0 Å². The van der Waals surface area contributed by atoms with Crippen LogP contribution in [0.3, 0.4) is 0 Å². The van der Waals surface area contributed by atoms with Gasteiger partial charge < -0.3 is 15.4 Å². The smallest absolute Gasteiger partial charge is 0.290 e. The van der Waals surface area contributed by atoms with Gasteiger partial charge >= 0.3 is 0 Å². The van der Waals surface area contributed by atoms with Gasteiger partial charge in [-0.1, -0.05) is 88.6 Å². The summed E-state index contributed by atoms with van der Waals surface area (Å²) in [5.41, 5.74) is 11.4. The molecule has 8 heteroatoms. The van der Waals surface area contributed by atoms with Crippen LogP contribution in [0.5, 0.6) is 0 Å². The Kier molecular flexibility index (Phi) is 14.1. The third-order valence-corrected chi connectivity index (χ3v) is 7.79. The molecule has 1 amide bonds. The molecule has 2 aliphatic rings. The summed E-state index contributed by atoms with van der Waals surface area (Å²) in [5, 5.41) is 6.89. The maximum atomic E-state index is 11.5. The third-order valence-electron chi connectivity index (χ3n) is 7.79. The number of aryl methyl sites for hydroxylation is 2. The topological polar surface area (TPSA) is 110 Å². The number of amides is 1. The number of nitrogens with two attached hydrogens (primary N) is 1. The second-order valence-corrected chi connectivity index (χ2v) is 11.0. The zero-order valence-electron chi connectivity index (χ0n) is 23.9. The van der Waals surface area contributed by atoms with Gasteiger partial charge in [-0.2, -0.15) is 0 Å². The molecule has 0 aliphatic heterocycles. The van der Waals surface area contributed by atoms with Crippen molar-refractivity contribution < 1.29 is 14.7 Å². The Balaban J connectivity index is 0.000000341. The molecule has 2 aliphatic carbocycles. The Morgan fingerprint density at radius 2 is 1.64 bits per heavy atom. The first kappa shape index (κ1) is 32.4. The van der Waals surface area contributed by atoms with Crippen LogP contribution >= 0.6 is 12.8 Å². The fraction of sp³-hybridized carbons (Fsp3) is 0.516. The van der Waals surface area contributed by atoms with Gasteiger partial charge in [0.1, 0.15) is 5.82 Å². The van der Waals surface area contributed by atoms with Gasteiger partial charge in [-0.25, -0.2) is 4.98 Å². The van der Waals surface area contributed by atoms with E-state index >= 15 is 0 Å². The fourth-order valence-corrected chi connectivity index (χ4v) is 5.51. The molecule has 0 bridgehead atoms. The highest BCUT2D eigenvalue weighted by atomic mass is 32.1. The second-order valence-electron chi connectivity index (χ2n) is 10.6. The fourth-order valence-electron chi connectivity index (χ4n) is 5.51. The lowest BCUT2D eigenvalue weighted by Crippen LogP contribution is -2.27. The zero-order valence-corrected chi connectivity index (χ0v) is 24.8. The Hall–Kier alpha value is -2.84. The molecule has 2 aromatic carbocycles. The summed E-state index contributed by atoms with van der Waals surface area (Å²) in [6.07, 6.45) is 11.5. The van der Waals surface area contributed by atoms with Gasteiger partial charge in [-0.15, -0.1) is 0 Å². The lowest BCUT2D eigenvalue weighted by Gasteiger charge is -2.27. The van der Waals surface area contributed by atoms with Gasteiger partial charge in [0.25, 0.3) is 6.47 Å². The number of benzene rings is 2. The van der Waals surface area contributed by atoms with Crippen molar-refractivity contribution in [3.05, 3.63) is 53.9 Å². The van der Waals surface area contributed by atoms with Crippen molar-refractivity contribution in [2.75, 3.05) is 7.05 Å². The number of thiol groups is 1. The number of nitrogens with zero attached hydrogens (tertiary/aromatic N) is 2. The molecule has 39 heavy (non-hydrogen) atoms. The summed E-state index contributed by atoms with van der Waals surface area (Å²) >= 11 is 3.54. The highest BCUT2D eigenvalue weighted by molar-refractivity contribution is 7.78. The number of carbonyl (C=O) groups excluding carboxylic acids is 1. The molecule has 0 radical (unpaired) electrons. The Morgan fingerprint density at radius 1 is 1.05 bits per heavy atom. The van der Waals surface area contributed by atoms with E-state index in [4.69, 9.17) is 15.6 Å². The van der Waals surface area contributed by atoms with E-state index in [9.17, 15) is 4.79 Å². The molecular weight excluding hydrogens is 508 g/mol. The minimum absolute atomic E-state index is 0.0308. The van der Waals surface area contributed by atoms with Crippen LogP contribution in [0.25, 0.3) is 22.2 Å². The normalized spacial score (nSPS) is 18.9. The highest BCUT2D eigenvalue weighted by Crippen LogP contribution is 2.37. The molecule has 1 aromatic heterocycles. The second kappa shape index (κ2) is 17.0. The van der Waals surface area contributed by atoms with E-state index in [1.54, 1.807) is 7.05 Å². The number of fused-ring (bicyclic) bond motifs is 1.